The highest BCUT2D eigenvalue weighted by atomic mass is 16.4. The van der Waals surface area contributed by atoms with Crippen molar-refractivity contribution in [2.24, 2.45) is 0 Å². The van der Waals surface area contributed by atoms with E-state index < -0.39 is 6.09 Å². The van der Waals surface area contributed by atoms with Crippen molar-refractivity contribution < 1.29 is 9.90 Å². The van der Waals surface area contributed by atoms with E-state index in [1.807, 2.05) is 48.5 Å². The normalized spacial score (nSPS) is 10.7. The van der Waals surface area contributed by atoms with Gasteiger partial charge in [-0.25, -0.2) is 9.78 Å². The highest BCUT2D eigenvalue weighted by Crippen LogP contribution is 2.26. The summed E-state index contributed by atoms with van der Waals surface area (Å²) < 4.78 is 1.49. The van der Waals surface area contributed by atoms with Gasteiger partial charge in [-0.15, -0.1) is 5.10 Å². The molecule has 122 valence electrons. The van der Waals surface area contributed by atoms with E-state index in [1.165, 1.54) is 4.52 Å². The van der Waals surface area contributed by atoms with Crippen molar-refractivity contribution in [1.29, 1.82) is 0 Å². The fraction of sp³-hybridized carbons (Fsp3) is 0. The molecule has 1 aromatic carbocycles. The standard InChI is InChI=1S/C18H13N5O2/c24-18(25)21-16-11-14(12-6-8-19-9-7-12)10-15-20-17(22-23(15)16)13-4-2-1-3-5-13/h1-11,21H,(H,24,25). The second kappa shape index (κ2) is 6.04. The molecule has 0 aliphatic rings. The molecule has 7 nitrogen and oxygen atoms in total. The Morgan fingerprint density at radius 2 is 1.72 bits per heavy atom. The monoisotopic (exact) mass is 331 g/mol. The Morgan fingerprint density at radius 3 is 2.44 bits per heavy atom. The molecule has 0 saturated carbocycles. The molecule has 3 heterocycles. The smallest absolute Gasteiger partial charge is 0.410 e. The third-order valence-electron chi connectivity index (χ3n) is 3.72. The highest BCUT2D eigenvalue weighted by Gasteiger charge is 2.13. The van der Waals surface area contributed by atoms with E-state index >= 15 is 0 Å². The lowest BCUT2D eigenvalue weighted by Gasteiger charge is -2.07. The Labute approximate surface area is 142 Å². The minimum absolute atomic E-state index is 0.325. The molecule has 25 heavy (non-hydrogen) atoms. The molecule has 1 amide bonds. The van der Waals surface area contributed by atoms with Gasteiger partial charge in [0.1, 0.15) is 5.82 Å². The van der Waals surface area contributed by atoms with Crippen LogP contribution in [0.3, 0.4) is 0 Å². The first-order valence-corrected chi connectivity index (χ1v) is 7.57. The van der Waals surface area contributed by atoms with Crippen molar-refractivity contribution in [2.45, 2.75) is 0 Å². The number of anilines is 1. The number of amides is 1. The number of nitrogens with one attached hydrogen (secondary N) is 1. The molecule has 0 saturated heterocycles. The van der Waals surface area contributed by atoms with Crippen LogP contribution in [0, 0.1) is 0 Å². The zero-order valence-corrected chi connectivity index (χ0v) is 13.0. The minimum Gasteiger partial charge on any atom is -0.465 e. The number of carboxylic acid groups (broad SMARTS) is 1. The molecule has 0 fully saturated rings. The summed E-state index contributed by atoms with van der Waals surface area (Å²) in [5.74, 6) is 0.854. The molecule has 4 rings (SSSR count). The summed E-state index contributed by atoms with van der Waals surface area (Å²) in [6.07, 6.45) is 2.21. The average molecular weight is 331 g/mol. The van der Waals surface area contributed by atoms with Crippen LogP contribution in [0.25, 0.3) is 28.2 Å². The summed E-state index contributed by atoms with van der Waals surface area (Å²) in [5.41, 5.74) is 3.15. The Morgan fingerprint density at radius 1 is 0.960 bits per heavy atom. The largest absolute Gasteiger partial charge is 0.465 e. The Hall–Kier alpha value is -3.74. The van der Waals surface area contributed by atoms with Crippen LogP contribution < -0.4 is 5.32 Å². The summed E-state index contributed by atoms with van der Waals surface area (Å²) in [6.45, 7) is 0. The zero-order valence-electron chi connectivity index (χ0n) is 13.0. The average Bonchev–Trinajstić information content (AvgIpc) is 3.07. The number of nitrogens with zero attached hydrogens (tertiary/aromatic N) is 4. The topological polar surface area (TPSA) is 92.4 Å². The fourth-order valence-electron chi connectivity index (χ4n) is 2.60. The number of pyridine rings is 2. The number of hydrogen-bond donors (Lipinski definition) is 2. The van der Waals surface area contributed by atoms with Gasteiger partial charge >= 0.3 is 6.09 Å². The Bertz CT molecular complexity index is 1050. The van der Waals surface area contributed by atoms with Gasteiger partial charge in [-0.1, -0.05) is 30.3 Å². The minimum atomic E-state index is -1.16. The van der Waals surface area contributed by atoms with Crippen LogP contribution in [-0.4, -0.2) is 30.8 Å². The van der Waals surface area contributed by atoms with Gasteiger partial charge in [0.15, 0.2) is 11.5 Å². The molecule has 4 aromatic rings. The zero-order chi connectivity index (χ0) is 17.2. The number of aromatic nitrogens is 4. The second-order valence-corrected chi connectivity index (χ2v) is 5.37. The van der Waals surface area contributed by atoms with Gasteiger partial charge in [-0.2, -0.15) is 4.52 Å². The van der Waals surface area contributed by atoms with Gasteiger partial charge in [-0.05, 0) is 35.4 Å². The first-order valence-electron chi connectivity index (χ1n) is 7.57. The predicted molar refractivity (Wildman–Crippen MR) is 93.3 cm³/mol. The lowest BCUT2D eigenvalue weighted by molar-refractivity contribution is 0.209. The molecule has 3 aromatic heterocycles. The molecule has 0 bridgehead atoms. The van der Waals surface area contributed by atoms with Gasteiger partial charge in [0, 0.05) is 18.0 Å². The van der Waals surface area contributed by atoms with E-state index in [4.69, 9.17) is 5.11 Å². The quantitative estimate of drug-likeness (QED) is 0.599. The van der Waals surface area contributed by atoms with Crippen molar-refractivity contribution >= 4 is 17.6 Å². The second-order valence-electron chi connectivity index (χ2n) is 5.37. The maximum Gasteiger partial charge on any atom is 0.410 e. The molecular formula is C18H13N5O2. The van der Waals surface area contributed by atoms with E-state index in [1.54, 1.807) is 18.5 Å². The number of carbonyl (C=O) groups is 1. The van der Waals surface area contributed by atoms with Crippen LogP contribution in [-0.2, 0) is 0 Å². The molecule has 0 aliphatic heterocycles. The van der Waals surface area contributed by atoms with Gasteiger partial charge in [0.25, 0.3) is 0 Å². The van der Waals surface area contributed by atoms with Crippen LogP contribution in [0.1, 0.15) is 0 Å². The third kappa shape index (κ3) is 2.90. The van der Waals surface area contributed by atoms with Gasteiger partial charge in [0.2, 0.25) is 0 Å². The SMILES string of the molecule is O=C(O)Nc1cc(-c2ccncc2)cc2nc(-c3ccccc3)nn12. The third-order valence-corrected chi connectivity index (χ3v) is 3.72. The summed E-state index contributed by atoms with van der Waals surface area (Å²) in [6, 6.07) is 16.8. The van der Waals surface area contributed by atoms with Gasteiger partial charge < -0.3 is 5.11 Å². The number of fused-ring (bicyclic) bond motifs is 1. The maximum absolute atomic E-state index is 11.2. The first-order chi connectivity index (χ1) is 12.2. The van der Waals surface area contributed by atoms with Crippen LogP contribution in [0.4, 0.5) is 10.6 Å². The molecule has 7 heteroatoms. The van der Waals surface area contributed by atoms with Crippen LogP contribution in [0.5, 0.6) is 0 Å². The van der Waals surface area contributed by atoms with E-state index in [-0.39, 0.29) is 0 Å². The van der Waals surface area contributed by atoms with E-state index in [9.17, 15) is 4.79 Å². The number of rotatable bonds is 3. The fourth-order valence-corrected chi connectivity index (χ4v) is 2.60. The van der Waals surface area contributed by atoms with E-state index in [0.29, 0.717) is 17.3 Å². The van der Waals surface area contributed by atoms with Crippen molar-refractivity contribution in [1.82, 2.24) is 19.6 Å². The molecule has 0 spiro atoms. The molecule has 0 radical (unpaired) electrons. The lowest BCUT2D eigenvalue weighted by Crippen LogP contribution is -2.11. The Kier molecular flexibility index (Phi) is 3.59. The highest BCUT2D eigenvalue weighted by molar-refractivity contribution is 5.84. The molecule has 0 atom stereocenters. The molecule has 2 N–H and O–H groups in total. The van der Waals surface area contributed by atoms with Crippen molar-refractivity contribution in [3.05, 3.63) is 67.0 Å². The van der Waals surface area contributed by atoms with Crippen LogP contribution in [0.2, 0.25) is 0 Å². The summed E-state index contributed by atoms with van der Waals surface area (Å²) in [5, 5.41) is 16.0. The van der Waals surface area contributed by atoms with Crippen LogP contribution in [0.15, 0.2) is 67.0 Å². The molecular weight excluding hydrogens is 318 g/mol. The molecule has 0 aliphatic carbocycles. The van der Waals surface area contributed by atoms with E-state index in [0.717, 1.165) is 16.7 Å². The number of benzene rings is 1. The van der Waals surface area contributed by atoms with Crippen molar-refractivity contribution in [3.8, 4) is 22.5 Å². The van der Waals surface area contributed by atoms with Crippen molar-refractivity contribution in [3.63, 3.8) is 0 Å². The molecule has 0 unspecified atom stereocenters. The Balaban J connectivity index is 1.91. The predicted octanol–water partition coefficient (Wildman–Crippen LogP) is 3.55. The summed E-state index contributed by atoms with van der Waals surface area (Å²) >= 11 is 0. The number of hydrogen-bond acceptors (Lipinski definition) is 4. The summed E-state index contributed by atoms with van der Waals surface area (Å²) in [7, 11) is 0. The lowest BCUT2D eigenvalue weighted by atomic mass is 10.1. The first kappa shape index (κ1) is 14.8. The van der Waals surface area contributed by atoms with Crippen molar-refractivity contribution in [2.75, 3.05) is 5.32 Å². The van der Waals surface area contributed by atoms with Crippen LogP contribution >= 0.6 is 0 Å². The van der Waals surface area contributed by atoms with Gasteiger partial charge in [-0.3, -0.25) is 10.3 Å². The van der Waals surface area contributed by atoms with E-state index in [2.05, 4.69) is 20.4 Å². The maximum atomic E-state index is 11.2. The summed E-state index contributed by atoms with van der Waals surface area (Å²) in [4.78, 5) is 19.7. The van der Waals surface area contributed by atoms with Gasteiger partial charge in [0.05, 0.1) is 0 Å².